The molecule has 0 aliphatic carbocycles. The van der Waals surface area contributed by atoms with Crippen molar-refractivity contribution in [1.82, 2.24) is 0 Å². The number of benzene rings is 4. The van der Waals surface area contributed by atoms with Crippen LogP contribution in [0.3, 0.4) is 0 Å². The maximum atomic E-state index is 13.4. The van der Waals surface area contributed by atoms with Crippen molar-refractivity contribution in [3.8, 4) is 40.2 Å². The summed E-state index contributed by atoms with van der Waals surface area (Å²) in [5.41, 5.74) is 3.32. The zero-order chi connectivity index (χ0) is 55.4. The molecular formula is C55H71N4O14S2-. The van der Waals surface area contributed by atoms with E-state index in [1.54, 1.807) is 50.3 Å². The number of methoxy groups -OCH3 is 4. The van der Waals surface area contributed by atoms with Gasteiger partial charge in [0, 0.05) is 6.42 Å². The Morgan fingerprint density at radius 1 is 0.600 bits per heavy atom. The maximum absolute atomic E-state index is 13.4. The molecule has 1 unspecified atom stereocenters. The number of hydrogen-bond donors (Lipinski definition) is 1. The molecule has 4 aromatic carbocycles. The van der Waals surface area contributed by atoms with Crippen LogP contribution < -0.4 is 42.6 Å². The Morgan fingerprint density at radius 2 is 0.933 bits per heavy atom. The quantitative estimate of drug-likeness (QED) is 0.0316. The topological polar surface area (TPSA) is 224 Å². The van der Waals surface area contributed by atoms with E-state index in [1.165, 1.54) is 121 Å². The van der Waals surface area contributed by atoms with Gasteiger partial charge in [0.1, 0.15) is 17.1 Å². The molecule has 20 heteroatoms. The molecule has 0 radical (unpaired) electrons. The van der Waals surface area contributed by atoms with Gasteiger partial charge in [0.15, 0.2) is 23.0 Å². The van der Waals surface area contributed by atoms with Gasteiger partial charge in [-0.05, 0) is 122 Å². The van der Waals surface area contributed by atoms with Gasteiger partial charge in [0.2, 0.25) is 11.5 Å². The zero-order valence-corrected chi connectivity index (χ0v) is 46.6. The summed E-state index contributed by atoms with van der Waals surface area (Å²) in [4.78, 5) is 26.5. The van der Waals surface area contributed by atoms with Gasteiger partial charge in [0.05, 0.1) is 80.5 Å². The molecule has 1 atom stereocenters. The van der Waals surface area contributed by atoms with E-state index in [4.69, 9.17) is 28.4 Å². The molecule has 0 aromatic heterocycles. The molecule has 18 nitrogen and oxygen atoms in total. The van der Waals surface area contributed by atoms with E-state index in [0.717, 1.165) is 16.8 Å². The van der Waals surface area contributed by atoms with Crippen LogP contribution in [0.2, 0.25) is 0 Å². The molecule has 0 fully saturated rings. The van der Waals surface area contributed by atoms with E-state index in [0.29, 0.717) is 80.4 Å². The lowest BCUT2D eigenvalue weighted by Gasteiger charge is -2.17. The van der Waals surface area contributed by atoms with Crippen molar-refractivity contribution < 1.29 is 63.9 Å². The average Bonchev–Trinajstić information content (AvgIpc) is 3.84. The fourth-order valence-electron chi connectivity index (χ4n) is 7.92. The van der Waals surface area contributed by atoms with Crippen molar-refractivity contribution >= 4 is 68.2 Å². The molecule has 2 aliphatic heterocycles. The number of nitrogens with zero attached hydrogens (tertiary/aromatic N) is 4. The first kappa shape index (κ1) is 60.8. The molecule has 0 saturated heterocycles. The summed E-state index contributed by atoms with van der Waals surface area (Å²) in [5.74, 6) is 3.24. The molecular weight excluding hydrogens is 1000 g/mol. The Labute approximate surface area is 444 Å². The van der Waals surface area contributed by atoms with Gasteiger partial charge in [-0.25, -0.2) is 4.21 Å². The van der Waals surface area contributed by atoms with Crippen LogP contribution in [0.5, 0.6) is 40.2 Å². The molecule has 2 amide bonds. The van der Waals surface area contributed by atoms with Gasteiger partial charge in [-0.15, -0.1) is 0 Å². The molecule has 2 heterocycles. The maximum Gasteiger partial charge on any atom is 0.294 e. The summed E-state index contributed by atoms with van der Waals surface area (Å²) in [7, 11) is 1.49. The number of hydrogen-bond acceptors (Lipinski definition) is 15. The van der Waals surface area contributed by atoms with Crippen LogP contribution in [0.1, 0.15) is 111 Å². The van der Waals surface area contributed by atoms with Crippen molar-refractivity contribution in [3.05, 3.63) is 95.1 Å². The SMILES string of the molecule is CCC(CC)CC.CCC(CC)CC.COc1cc(C=C2C(=O)N(c3ccc(OS(=O)[O-])cc3)N=C2C)cc(OC)c1OCCCOc1c(OC)cc(C=C2C(=O)N(c3ccc(S(=O)(=O)O)cc3)N=C2C)cc1OC. The highest BCUT2D eigenvalue weighted by Crippen LogP contribution is 2.42. The molecule has 6 rings (SSSR count). The summed E-state index contributed by atoms with van der Waals surface area (Å²) in [6, 6.07) is 17.7. The largest absolute Gasteiger partial charge is 0.740 e. The number of rotatable bonds is 23. The van der Waals surface area contributed by atoms with Crippen molar-refractivity contribution in [3.63, 3.8) is 0 Å². The Bertz CT molecular complexity index is 2750. The smallest absolute Gasteiger partial charge is 0.294 e. The second kappa shape index (κ2) is 29.4. The van der Waals surface area contributed by atoms with Crippen LogP contribution in [0.4, 0.5) is 11.4 Å². The first-order chi connectivity index (χ1) is 35.8. The van der Waals surface area contributed by atoms with E-state index in [-0.39, 0.29) is 29.4 Å². The van der Waals surface area contributed by atoms with Crippen LogP contribution in [0, 0.1) is 11.8 Å². The van der Waals surface area contributed by atoms with Crippen LogP contribution in [-0.2, 0) is 31.1 Å². The monoisotopic (exact) mass is 1080 g/mol. The second-order valence-electron chi connectivity index (χ2n) is 17.2. The van der Waals surface area contributed by atoms with Crippen LogP contribution in [0.15, 0.2) is 99.0 Å². The standard InChI is InChI=1S/C41H40N4O14S2.2C7H16/c1-24-32(40(46)44(42-24)28-8-12-30(13-9-28)59-60(48)49)18-26-20-34(53-3)38(35(21-26)54-4)57-16-7-17-58-39-36(55-5)22-27(23-37(39)56-6)19-33-25(2)43-45(41(33)47)29-10-14-31(15-11-29)61(50,51)52;2*1-4-7(5-2)6-3/h8-15,18-23H,7,16-17H2,1-6H3,(H,48,49)(H,50,51,52);2*7H,4-6H2,1-3H3/p-1. The first-order valence-electron chi connectivity index (χ1n) is 24.8. The minimum atomic E-state index is -4.40. The molecule has 2 aliphatic rings. The fourth-order valence-corrected chi connectivity index (χ4v) is 8.67. The predicted octanol–water partition coefficient (Wildman–Crippen LogP) is 11.3. The van der Waals surface area contributed by atoms with E-state index < -0.39 is 33.3 Å². The third-order valence-electron chi connectivity index (χ3n) is 12.6. The summed E-state index contributed by atoms with van der Waals surface area (Å²) in [6.45, 7) is 17.3. The number of carbonyl (C=O) groups is 2. The molecule has 0 bridgehead atoms. The van der Waals surface area contributed by atoms with Gasteiger partial charge in [0.25, 0.3) is 21.9 Å². The first-order valence-corrected chi connectivity index (χ1v) is 27.2. The number of amides is 2. The lowest BCUT2D eigenvalue weighted by molar-refractivity contribution is -0.115. The second-order valence-corrected chi connectivity index (χ2v) is 19.2. The molecule has 408 valence electrons. The number of hydrazone groups is 2. The van der Waals surface area contributed by atoms with Crippen molar-refractivity contribution in [2.45, 2.75) is 105 Å². The summed E-state index contributed by atoms with van der Waals surface area (Å²) >= 11 is -2.73. The van der Waals surface area contributed by atoms with E-state index >= 15 is 0 Å². The Kier molecular flexibility index (Phi) is 23.8. The van der Waals surface area contributed by atoms with Gasteiger partial charge >= 0.3 is 0 Å². The van der Waals surface area contributed by atoms with E-state index in [9.17, 15) is 31.3 Å². The van der Waals surface area contributed by atoms with E-state index in [2.05, 4.69) is 55.9 Å². The summed E-state index contributed by atoms with van der Waals surface area (Å²) in [6.07, 6.45) is 11.8. The highest BCUT2D eigenvalue weighted by molar-refractivity contribution is 7.85. The van der Waals surface area contributed by atoms with Crippen LogP contribution in [0.25, 0.3) is 12.2 Å². The van der Waals surface area contributed by atoms with Crippen molar-refractivity contribution in [2.75, 3.05) is 51.7 Å². The van der Waals surface area contributed by atoms with Gasteiger partial charge in [-0.2, -0.15) is 28.6 Å². The summed E-state index contributed by atoms with van der Waals surface area (Å²) < 4.78 is 93.2. The Morgan fingerprint density at radius 3 is 1.21 bits per heavy atom. The lowest BCUT2D eigenvalue weighted by atomic mass is 10.0. The van der Waals surface area contributed by atoms with Crippen LogP contribution in [-0.4, -0.2) is 86.6 Å². The minimum absolute atomic E-state index is 0.0883. The number of anilines is 2. The van der Waals surface area contributed by atoms with Gasteiger partial charge in [-0.3, -0.25) is 14.1 Å². The third-order valence-corrected chi connectivity index (χ3v) is 13.8. The van der Waals surface area contributed by atoms with Crippen LogP contribution >= 0.6 is 0 Å². The van der Waals surface area contributed by atoms with Crippen molar-refractivity contribution in [2.24, 2.45) is 22.0 Å². The van der Waals surface area contributed by atoms with Gasteiger partial charge in [-0.1, -0.05) is 80.1 Å². The van der Waals surface area contributed by atoms with Crippen molar-refractivity contribution in [1.29, 1.82) is 0 Å². The lowest BCUT2D eigenvalue weighted by Crippen LogP contribution is -2.21. The Balaban J connectivity index is 0.000000763. The fraction of sp³-hybridized carbons (Fsp3) is 0.418. The zero-order valence-electron chi connectivity index (χ0n) is 45.0. The van der Waals surface area contributed by atoms with Gasteiger partial charge < -0.3 is 37.2 Å². The normalized spacial score (nSPS) is 14.8. The molecule has 75 heavy (non-hydrogen) atoms. The highest BCUT2D eigenvalue weighted by Gasteiger charge is 2.31. The summed E-state index contributed by atoms with van der Waals surface area (Å²) in [5, 5.41) is 11.0. The van der Waals surface area contributed by atoms with E-state index in [1.807, 2.05) is 0 Å². The number of carbonyl (C=O) groups excluding carboxylic acids is 2. The molecule has 4 aromatic rings. The molecule has 1 N–H and O–H groups in total. The number of ether oxygens (including phenoxy) is 6. The molecule has 0 saturated carbocycles. The minimum Gasteiger partial charge on any atom is -0.740 e. The predicted molar refractivity (Wildman–Crippen MR) is 293 cm³/mol. The highest BCUT2D eigenvalue weighted by atomic mass is 32.2. The molecule has 0 spiro atoms. The third kappa shape index (κ3) is 16.6. The average molecular weight is 1080 g/mol. The Hall–Kier alpha value is -6.74.